The van der Waals surface area contributed by atoms with Crippen LogP contribution in [0, 0.1) is 5.82 Å². The number of rotatable bonds is 4. The predicted octanol–water partition coefficient (Wildman–Crippen LogP) is 3.08. The first-order chi connectivity index (χ1) is 9.51. The van der Waals surface area contributed by atoms with Gasteiger partial charge >= 0.3 is 0 Å². The Morgan fingerprint density at radius 3 is 2.85 bits per heavy atom. The van der Waals surface area contributed by atoms with Gasteiger partial charge in [-0.2, -0.15) is 5.10 Å². The van der Waals surface area contributed by atoms with E-state index in [0.29, 0.717) is 12.1 Å². The monoisotopic (exact) mass is 339 g/mol. The number of amides is 1. The van der Waals surface area contributed by atoms with Crippen LogP contribution in [-0.2, 0) is 13.1 Å². The number of nitrogens with zero attached hydrogens (tertiary/aromatic N) is 3. The van der Waals surface area contributed by atoms with Crippen LogP contribution in [0.3, 0.4) is 0 Å². The first-order valence-electron chi connectivity index (χ1n) is 6.23. The van der Waals surface area contributed by atoms with E-state index in [1.54, 1.807) is 18.1 Å². The lowest BCUT2D eigenvalue weighted by atomic mass is 10.2. The maximum absolute atomic E-state index is 13.2. The highest BCUT2D eigenvalue weighted by Gasteiger charge is 2.14. The van der Waals surface area contributed by atoms with Crippen molar-refractivity contribution in [1.29, 1.82) is 0 Å². The fourth-order valence-corrected chi connectivity index (χ4v) is 2.23. The van der Waals surface area contributed by atoms with Crippen LogP contribution in [-0.4, -0.2) is 27.6 Å². The molecule has 1 aromatic heterocycles. The number of hydrogen-bond donors (Lipinski definition) is 0. The van der Waals surface area contributed by atoms with Crippen LogP contribution in [0.25, 0.3) is 0 Å². The maximum atomic E-state index is 13.2. The maximum Gasteiger partial charge on any atom is 0.253 e. The molecule has 0 unspecified atom stereocenters. The van der Waals surface area contributed by atoms with E-state index in [9.17, 15) is 9.18 Å². The van der Waals surface area contributed by atoms with Crippen LogP contribution in [0.15, 0.2) is 35.1 Å². The second-order valence-electron chi connectivity index (χ2n) is 4.49. The van der Waals surface area contributed by atoms with Gasteiger partial charge in [0, 0.05) is 37.5 Å². The topological polar surface area (TPSA) is 38.1 Å². The highest BCUT2D eigenvalue weighted by atomic mass is 79.9. The lowest BCUT2D eigenvalue weighted by molar-refractivity contribution is 0.0785. The second kappa shape index (κ2) is 6.17. The van der Waals surface area contributed by atoms with Crippen LogP contribution in [0.5, 0.6) is 0 Å². The highest BCUT2D eigenvalue weighted by Crippen LogP contribution is 2.18. The van der Waals surface area contributed by atoms with Crippen molar-refractivity contribution >= 4 is 21.8 Å². The van der Waals surface area contributed by atoms with Crippen LogP contribution < -0.4 is 0 Å². The van der Waals surface area contributed by atoms with Crippen molar-refractivity contribution in [2.75, 3.05) is 7.05 Å². The molecule has 0 aliphatic heterocycles. The molecule has 0 bridgehead atoms. The van der Waals surface area contributed by atoms with Gasteiger partial charge in [0.25, 0.3) is 5.91 Å². The molecule has 0 radical (unpaired) electrons. The summed E-state index contributed by atoms with van der Waals surface area (Å²) in [6.07, 6.45) is 3.65. The lowest BCUT2D eigenvalue weighted by Crippen LogP contribution is -2.26. The molecule has 0 aliphatic rings. The third kappa shape index (κ3) is 3.25. The van der Waals surface area contributed by atoms with Crippen LogP contribution in [0.4, 0.5) is 4.39 Å². The molecule has 106 valence electrons. The first-order valence-corrected chi connectivity index (χ1v) is 7.02. The summed E-state index contributed by atoms with van der Waals surface area (Å²) in [7, 11) is 1.71. The molecule has 1 amide bonds. The van der Waals surface area contributed by atoms with E-state index in [4.69, 9.17) is 0 Å². The van der Waals surface area contributed by atoms with Crippen LogP contribution >= 0.6 is 15.9 Å². The van der Waals surface area contributed by atoms with Gasteiger partial charge in [0.2, 0.25) is 0 Å². The molecule has 1 aromatic carbocycles. The molecular weight excluding hydrogens is 325 g/mol. The largest absolute Gasteiger partial charge is 0.337 e. The van der Waals surface area contributed by atoms with E-state index in [-0.39, 0.29) is 16.2 Å². The van der Waals surface area contributed by atoms with Gasteiger partial charge < -0.3 is 4.90 Å². The average Bonchev–Trinajstić information content (AvgIpc) is 2.88. The molecule has 6 heteroatoms. The second-order valence-corrected chi connectivity index (χ2v) is 5.35. The van der Waals surface area contributed by atoms with E-state index < -0.39 is 0 Å². The molecule has 4 nitrogen and oxygen atoms in total. The Kier molecular flexibility index (Phi) is 4.54. The third-order valence-electron chi connectivity index (χ3n) is 2.94. The van der Waals surface area contributed by atoms with Crippen molar-refractivity contribution in [3.05, 3.63) is 52.0 Å². The normalized spacial score (nSPS) is 10.6. The fourth-order valence-electron chi connectivity index (χ4n) is 1.86. The Morgan fingerprint density at radius 2 is 2.25 bits per heavy atom. The molecule has 0 saturated heterocycles. The van der Waals surface area contributed by atoms with Gasteiger partial charge in [0.1, 0.15) is 5.82 Å². The Hall–Kier alpha value is -1.69. The van der Waals surface area contributed by atoms with Gasteiger partial charge in [-0.3, -0.25) is 9.48 Å². The van der Waals surface area contributed by atoms with E-state index >= 15 is 0 Å². The molecule has 0 spiro atoms. The van der Waals surface area contributed by atoms with Crippen molar-refractivity contribution in [2.45, 2.75) is 20.0 Å². The summed E-state index contributed by atoms with van der Waals surface area (Å²) in [5.74, 6) is -0.539. The number of benzene rings is 1. The summed E-state index contributed by atoms with van der Waals surface area (Å²) in [5.41, 5.74) is 1.41. The van der Waals surface area contributed by atoms with E-state index in [0.717, 1.165) is 12.1 Å². The zero-order valence-corrected chi connectivity index (χ0v) is 12.9. The number of hydrogen-bond acceptors (Lipinski definition) is 2. The Morgan fingerprint density at radius 1 is 1.50 bits per heavy atom. The molecule has 0 N–H and O–H groups in total. The van der Waals surface area contributed by atoms with E-state index in [1.165, 1.54) is 18.2 Å². The van der Waals surface area contributed by atoms with Crippen molar-refractivity contribution < 1.29 is 9.18 Å². The Labute approximate surface area is 125 Å². The van der Waals surface area contributed by atoms with Gasteiger partial charge in [-0.05, 0) is 41.1 Å². The van der Waals surface area contributed by atoms with Gasteiger partial charge in [-0.1, -0.05) is 0 Å². The van der Waals surface area contributed by atoms with Gasteiger partial charge in [-0.25, -0.2) is 4.39 Å². The highest BCUT2D eigenvalue weighted by molar-refractivity contribution is 9.10. The third-order valence-corrected chi connectivity index (χ3v) is 3.55. The van der Waals surface area contributed by atoms with Gasteiger partial charge in [-0.15, -0.1) is 0 Å². The zero-order valence-electron chi connectivity index (χ0n) is 11.3. The van der Waals surface area contributed by atoms with Gasteiger partial charge in [0.05, 0.1) is 10.7 Å². The fraction of sp³-hybridized carbons (Fsp3) is 0.286. The number of aryl methyl sites for hydroxylation is 1. The minimum absolute atomic E-state index is 0.157. The molecule has 0 atom stereocenters. The quantitative estimate of drug-likeness (QED) is 0.858. The number of carbonyl (C=O) groups excluding carboxylic acids is 1. The van der Waals surface area contributed by atoms with Crippen molar-refractivity contribution in [3.63, 3.8) is 0 Å². The van der Waals surface area contributed by atoms with Crippen molar-refractivity contribution in [1.82, 2.24) is 14.7 Å². The lowest BCUT2D eigenvalue weighted by Gasteiger charge is -2.16. The van der Waals surface area contributed by atoms with Gasteiger partial charge in [0.15, 0.2) is 0 Å². The standard InChI is InChI=1S/C14H15BrFN3O/c1-3-19-9-10(7-17-19)8-18(2)14(20)11-4-5-13(16)12(15)6-11/h4-7,9H,3,8H2,1-2H3. The molecule has 2 rings (SSSR count). The number of carbonyl (C=O) groups is 1. The predicted molar refractivity (Wildman–Crippen MR) is 77.8 cm³/mol. The molecule has 20 heavy (non-hydrogen) atoms. The van der Waals surface area contributed by atoms with Crippen molar-refractivity contribution in [2.24, 2.45) is 0 Å². The summed E-state index contributed by atoms with van der Waals surface area (Å²) in [6, 6.07) is 4.25. The Bertz CT molecular complexity index is 627. The molecular formula is C14H15BrFN3O. The molecule has 0 aliphatic carbocycles. The van der Waals surface area contributed by atoms with Crippen LogP contribution in [0.2, 0.25) is 0 Å². The summed E-state index contributed by atoms with van der Waals surface area (Å²) >= 11 is 3.08. The number of aromatic nitrogens is 2. The van der Waals surface area contributed by atoms with Crippen LogP contribution in [0.1, 0.15) is 22.8 Å². The molecule has 2 aromatic rings. The zero-order chi connectivity index (χ0) is 14.7. The minimum Gasteiger partial charge on any atom is -0.337 e. The first kappa shape index (κ1) is 14.7. The van der Waals surface area contributed by atoms with E-state index in [1.807, 2.05) is 17.8 Å². The Balaban J connectivity index is 2.09. The molecule has 1 heterocycles. The van der Waals surface area contributed by atoms with Crippen molar-refractivity contribution in [3.8, 4) is 0 Å². The van der Waals surface area contributed by atoms with E-state index in [2.05, 4.69) is 21.0 Å². The molecule has 0 saturated carbocycles. The number of halogens is 2. The summed E-state index contributed by atoms with van der Waals surface area (Å²) < 4.78 is 15.3. The smallest absolute Gasteiger partial charge is 0.253 e. The SMILES string of the molecule is CCn1cc(CN(C)C(=O)c2ccc(F)c(Br)c2)cn1. The summed E-state index contributed by atoms with van der Waals surface area (Å²) in [4.78, 5) is 13.8. The summed E-state index contributed by atoms with van der Waals surface area (Å²) in [6.45, 7) is 3.26. The minimum atomic E-state index is -0.381. The molecule has 0 fully saturated rings. The summed E-state index contributed by atoms with van der Waals surface area (Å²) in [5, 5.41) is 4.17. The average molecular weight is 340 g/mol.